The summed E-state index contributed by atoms with van der Waals surface area (Å²) in [4.78, 5) is 23.8. The molecular formula is C19H20F3N3O2. The summed E-state index contributed by atoms with van der Waals surface area (Å²) >= 11 is 0. The van der Waals surface area contributed by atoms with Crippen molar-refractivity contribution in [2.45, 2.75) is 18.6 Å². The van der Waals surface area contributed by atoms with Crippen LogP contribution in [0.15, 0.2) is 54.6 Å². The molecule has 2 aromatic carbocycles. The summed E-state index contributed by atoms with van der Waals surface area (Å²) in [6.07, 6.45) is -3.94. The summed E-state index contributed by atoms with van der Waals surface area (Å²) < 4.78 is 37.8. The third-order valence-corrected chi connectivity index (χ3v) is 3.90. The zero-order chi connectivity index (χ0) is 19.9. The number of carbonyl (C=O) groups is 2. The highest BCUT2D eigenvalue weighted by molar-refractivity contribution is 5.97. The third kappa shape index (κ3) is 6.10. The minimum atomic E-state index is -4.37. The van der Waals surface area contributed by atoms with Gasteiger partial charge in [0.15, 0.2) is 0 Å². The summed E-state index contributed by atoms with van der Waals surface area (Å²) in [7, 11) is 1.40. The van der Waals surface area contributed by atoms with E-state index in [1.54, 1.807) is 30.3 Å². The second-order valence-corrected chi connectivity index (χ2v) is 5.81. The highest BCUT2D eigenvalue weighted by atomic mass is 19.4. The first-order chi connectivity index (χ1) is 12.8. The minimum absolute atomic E-state index is 0.339. The highest BCUT2D eigenvalue weighted by Crippen LogP contribution is 2.29. The Kier molecular flexibility index (Phi) is 6.95. The zero-order valence-electron chi connectivity index (χ0n) is 14.6. The quantitative estimate of drug-likeness (QED) is 0.723. The number of halogens is 3. The van der Waals surface area contributed by atoms with Crippen LogP contribution in [0.25, 0.3) is 0 Å². The smallest absolute Gasteiger partial charge is 0.341 e. The van der Waals surface area contributed by atoms with Crippen LogP contribution in [-0.2, 0) is 17.4 Å². The fraction of sp³-hybridized carbons (Fsp3) is 0.263. The molecule has 5 nitrogen and oxygen atoms in total. The van der Waals surface area contributed by atoms with E-state index in [1.165, 1.54) is 19.2 Å². The molecule has 0 aliphatic carbocycles. The van der Waals surface area contributed by atoms with E-state index in [0.29, 0.717) is 24.1 Å². The Morgan fingerprint density at radius 3 is 2.19 bits per heavy atom. The van der Waals surface area contributed by atoms with Crippen molar-refractivity contribution < 1.29 is 22.8 Å². The Labute approximate surface area is 155 Å². The summed E-state index contributed by atoms with van der Waals surface area (Å²) in [6, 6.07) is 12.3. The van der Waals surface area contributed by atoms with Gasteiger partial charge in [-0.2, -0.15) is 13.2 Å². The average Bonchev–Trinajstić information content (AvgIpc) is 2.65. The fourth-order valence-corrected chi connectivity index (χ4v) is 2.48. The molecule has 0 aliphatic heterocycles. The molecule has 0 saturated carbocycles. The van der Waals surface area contributed by atoms with Gasteiger partial charge in [-0.05, 0) is 29.7 Å². The lowest BCUT2D eigenvalue weighted by Crippen LogP contribution is -2.44. The van der Waals surface area contributed by atoms with E-state index in [9.17, 15) is 22.8 Å². The van der Waals surface area contributed by atoms with E-state index >= 15 is 0 Å². The first-order valence-electron chi connectivity index (χ1n) is 8.28. The van der Waals surface area contributed by atoms with Gasteiger partial charge in [-0.1, -0.05) is 42.5 Å². The number of nitrogens with one attached hydrogen (secondary N) is 3. The molecular weight excluding hydrogens is 359 g/mol. The van der Waals surface area contributed by atoms with Crippen molar-refractivity contribution in [2.24, 2.45) is 0 Å². The van der Waals surface area contributed by atoms with Crippen LogP contribution in [0.4, 0.5) is 18.0 Å². The number of carbonyl (C=O) groups excluding carboxylic acids is 2. The monoisotopic (exact) mass is 379 g/mol. The van der Waals surface area contributed by atoms with Crippen molar-refractivity contribution in [3.05, 3.63) is 71.3 Å². The van der Waals surface area contributed by atoms with Crippen molar-refractivity contribution in [2.75, 3.05) is 13.6 Å². The van der Waals surface area contributed by atoms with Crippen molar-refractivity contribution in [1.82, 2.24) is 16.0 Å². The summed E-state index contributed by atoms with van der Waals surface area (Å²) in [5.41, 5.74) is 0.673. The Hall–Kier alpha value is -2.87. The van der Waals surface area contributed by atoms with Gasteiger partial charge in [0.1, 0.15) is 6.04 Å². The minimum Gasteiger partial charge on any atom is -0.341 e. The first-order valence-corrected chi connectivity index (χ1v) is 8.28. The molecule has 144 valence electrons. The fourth-order valence-electron chi connectivity index (χ4n) is 2.48. The van der Waals surface area contributed by atoms with Gasteiger partial charge >= 0.3 is 12.2 Å². The lowest BCUT2D eigenvalue weighted by molar-refractivity contribution is -0.137. The molecule has 0 unspecified atom stereocenters. The molecule has 1 atom stereocenters. The van der Waals surface area contributed by atoms with Crippen LogP contribution in [0.2, 0.25) is 0 Å². The number of rotatable bonds is 6. The first kappa shape index (κ1) is 20.4. The van der Waals surface area contributed by atoms with Gasteiger partial charge in [-0.3, -0.25) is 10.1 Å². The molecule has 0 spiro atoms. The largest absolute Gasteiger partial charge is 0.416 e. The molecule has 0 aliphatic rings. The van der Waals surface area contributed by atoms with E-state index in [2.05, 4.69) is 16.0 Å². The Bertz CT molecular complexity index is 762. The summed E-state index contributed by atoms with van der Waals surface area (Å²) in [6.45, 7) is 0.339. The molecule has 2 aromatic rings. The van der Waals surface area contributed by atoms with Gasteiger partial charge in [0.25, 0.3) is 0 Å². The van der Waals surface area contributed by atoms with Crippen molar-refractivity contribution in [3.8, 4) is 0 Å². The van der Waals surface area contributed by atoms with Crippen LogP contribution in [0, 0.1) is 0 Å². The molecule has 3 N–H and O–H groups in total. The van der Waals surface area contributed by atoms with E-state index in [1.807, 2.05) is 0 Å². The molecule has 3 amide bonds. The maximum atomic E-state index is 12.6. The van der Waals surface area contributed by atoms with Gasteiger partial charge < -0.3 is 10.6 Å². The normalized spacial score (nSPS) is 12.3. The third-order valence-electron chi connectivity index (χ3n) is 3.90. The Balaban J connectivity index is 2.01. The van der Waals surface area contributed by atoms with E-state index < -0.39 is 29.7 Å². The average molecular weight is 379 g/mol. The van der Waals surface area contributed by atoms with Gasteiger partial charge in [0.05, 0.1) is 5.56 Å². The van der Waals surface area contributed by atoms with E-state index in [4.69, 9.17) is 0 Å². The van der Waals surface area contributed by atoms with Gasteiger partial charge in [-0.15, -0.1) is 0 Å². The van der Waals surface area contributed by atoms with Crippen LogP contribution < -0.4 is 16.0 Å². The SMILES string of the molecule is CNC(=O)NC(=O)[C@@H](NCCc1ccc(C(F)(F)F)cc1)c1ccccc1. The number of hydrogen-bond acceptors (Lipinski definition) is 3. The highest BCUT2D eigenvalue weighted by Gasteiger charge is 2.29. The lowest BCUT2D eigenvalue weighted by atomic mass is 10.0. The number of amides is 3. The number of hydrogen-bond donors (Lipinski definition) is 3. The summed E-state index contributed by atoms with van der Waals surface area (Å²) in [5, 5.41) is 7.58. The topological polar surface area (TPSA) is 70.2 Å². The maximum Gasteiger partial charge on any atom is 0.416 e. The standard InChI is InChI=1S/C19H20F3N3O2/c1-23-18(27)25-17(26)16(14-5-3-2-4-6-14)24-12-11-13-7-9-15(10-8-13)19(20,21)22/h2-10,16,24H,11-12H2,1H3,(H2,23,25,26,27)/t16-/m0/s1. The predicted molar refractivity (Wildman–Crippen MR) is 94.9 cm³/mol. The Morgan fingerprint density at radius 1 is 1.00 bits per heavy atom. The second-order valence-electron chi connectivity index (χ2n) is 5.81. The zero-order valence-corrected chi connectivity index (χ0v) is 14.6. The second kappa shape index (κ2) is 9.18. The molecule has 27 heavy (non-hydrogen) atoms. The van der Waals surface area contributed by atoms with Crippen LogP contribution in [0.1, 0.15) is 22.7 Å². The number of urea groups is 1. The van der Waals surface area contributed by atoms with Crippen LogP contribution in [0.3, 0.4) is 0 Å². The number of alkyl halides is 3. The number of benzene rings is 2. The number of imide groups is 1. The van der Waals surface area contributed by atoms with Gasteiger partial charge in [-0.25, -0.2) is 4.79 Å². The molecule has 0 heterocycles. The van der Waals surface area contributed by atoms with E-state index in [0.717, 1.165) is 12.1 Å². The van der Waals surface area contributed by atoms with Gasteiger partial charge in [0.2, 0.25) is 5.91 Å². The predicted octanol–water partition coefficient (Wildman–Crippen LogP) is 3.03. The molecule has 8 heteroatoms. The van der Waals surface area contributed by atoms with Crippen molar-refractivity contribution >= 4 is 11.9 Å². The van der Waals surface area contributed by atoms with Gasteiger partial charge in [0, 0.05) is 13.6 Å². The molecule has 0 bridgehead atoms. The molecule has 0 fully saturated rings. The molecule has 0 saturated heterocycles. The van der Waals surface area contributed by atoms with Crippen molar-refractivity contribution in [1.29, 1.82) is 0 Å². The molecule has 0 radical (unpaired) electrons. The van der Waals surface area contributed by atoms with Crippen LogP contribution >= 0.6 is 0 Å². The Morgan fingerprint density at radius 2 is 1.63 bits per heavy atom. The molecule has 0 aromatic heterocycles. The maximum absolute atomic E-state index is 12.6. The summed E-state index contributed by atoms with van der Waals surface area (Å²) in [5.74, 6) is -0.520. The van der Waals surface area contributed by atoms with E-state index in [-0.39, 0.29) is 0 Å². The van der Waals surface area contributed by atoms with Crippen LogP contribution in [-0.4, -0.2) is 25.5 Å². The van der Waals surface area contributed by atoms with Crippen LogP contribution in [0.5, 0.6) is 0 Å². The lowest BCUT2D eigenvalue weighted by Gasteiger charge is -2.18. The van der Waals surface area contributed by atoms with Crippen molar-refractivity contribution in [3.63, 3.8) is 0 Å². The molecule has 2 rings (SSSR count).